The predicted octanol–water partition coefficient (Wildman–Crippen LogP) is 2.97. The molecule has 2 aromatic carbocycles. The Morgan fingerprint density at radius 3 is 2.31 bits per heavy atom. The van der Waals surface area contributed by atoms with Crippen LogP contribution in [0, 0.1) is 12.8 Å². The van der Waals surface area contributed by atoms with Crippen LogP contribution in [0.1, 0.15) is 44.7 Å². The highest BCUT2D eigenvalue weighted by atomic mass is 16.4. The van der Waals surface area contributed by atoms with Crippen LogP contribution in [0.5, 0.6) is 0 Å². The summed E-state index contributed by atoms with van der Waals surface area (Å²) >= 11 is 0. The number of carbonyl (C=O) groups excluding carboxylic acids is 2. The highest BCUT2D eigenvalue weighted by Crippen LogP contribution is 2.28. The number of rotatable bonds is 6. The predicted molar refractivity (Wildman–Crippen MR) is 97.1 cm³/mol. The molecule has 2 aromatic rings. The third kappa shape index (κ3) is 4.27. The normalized spacial score (nSPS) is 13.1. The first-order valence-corrected chi connectivity index (χ1v) is 8.46. The van der Waals surface area contributed by atoms with Gasteiger partial charge in [0.05, 0.1) is 5.56 Å². The molecule has 0 unspecified atom stereocenters. The summed E-state index contributed by atoms with van der Waals surface area (Å²) in [6.07, 6.45) is 1.93. The maximum absolute atomic E-state index is 12.4. The Morgan fingerprint density at radius 2 is 1.69 bits per heavy atom. The van der Waals surface area contributed by atoms with Crippen molar-refractivity contribution in [2.24, 2.45) is 5.92 Å². The van der Waals surface area contributed by atoms with Crippen molar-refractivity contribution >= 4 is 23.5 Å². The SMILES string of the molecule is Cc1ccc(C(=O)O)cc1NC(=O)c1ccc(CNC(=O)C2CC2)cc1. The van der Waals surface area contributed by atoms with Crippen molar-refractivity contribution in [2.75, 3.05) is 5.32 Å². The second kappa shape index (κ2) is 7.39. The van der Waals surface area contributed by atoms with Gasteiger partial charge in [-0.3, -0.25) is 9.59 Å². The minimum absolute atomic E-state index is 0.0839. The summed E-state index contributed by atoms with van der Waals surface area (Å²) in [7, 11) is 0. The van der Waals surface area contributed by atoms with Gasteiger partial charge in [0, 0.05) is 23.7 Å². The van der Waals surface area contributed by atoms with Gasteiger partial charge in [-0.25, -0.2) is 4.79 Å². The van der Waals surface area contributed by atoms with Crippen molar-refractivity contribution in [3.05, 3.63) is 64.7 Å². The molecule has 1 aliphatic rings. The van der Waals surface area contributed by atoms with Gasteiger partial charge in [-0.15, -0.1) is 0 Å². The number of carboxylic acids is 1. The van der Waals surface area contributed by atoms with Crippen molar-refractivity contribution in [3.8, 4) is 0 Å². The number of aromatic carboxylic acids is 1. The van der Waals surface area contributed by atoms with Gasteiger partial charge < -0.3 is 15.7 Å². The number of benzene rings is 2. The van der Waals surface area contributed by atoms with Gasteiger partial charge in [0.15, 0.2) is 0 Å². The quantitative estimate of drug-likeness (QED) is 0.745. The number of carboxylic acid groups (broad SMARTS) is 1. The molecule has 0 saturated heterocycles. The average Bonchev–Trinajstić information content (AvgIpc) is 3.47. The van der Waals surface area contributed by atoms with E-state index in [0.29, 0.717) is 17.8 Å². The Balaban J connectivity index is 1.63. The molecule has 0 heterocycles. The standard InChI is InChI=1S/C20H20N2O4/c1-12-2-5-16(20(25)26)10-17(12)22-19(24)15-6-3-13(4-7-15)11-21-18(23)14-8-9-14/h2-7,10,14H,8-9,11H2,1H3,(H,21,23)(H,22,24)(H,25,26). The first-order chi connectivity index (χ1) is 12.4. The molecule has 0 atom stereocenters. The zero-order valence-electron chi connectivity index (χ0n) is 14.4. The molecule has 1 fully saturated rings. The molecule has 26 heavy (non-hydrogen) atoms. The molecule has 2 amide bonds. The average molecular weight is 352 g/mol. The largest absolute Gasteiger partial charge is 0.478 e. The molecule has 6 heteroatoms. The van der Waals surface area contributed by atoms with Crippen LogP contribution in [-0.4, -0.2) is 22.9 Å². The molecule has 0 spiro atoms. The van der Waals surface area contributed by atoms with E-state index >= 15 is 0 Å². The molecular formula is C20H20N2O4. The maximum Gasteiger partial charge on any atom is 0.335 e. The lowest BCUT2D eigenvalue weighted by molar-refractivity contribution is -0.122. The lowest BCUT2D eigenvalue weighted by Gasteiger charge is -2.10. The minimum atomic E-state index is -1.04. The van der Waals surface area contributed by atoms with E-state index in [0.717, 1.165) is 24.0 Å². The van der Waals surface area contributed by atoms with E-state index in [9.17, 15) is 14.4 Å². The lowest BCUT2D eigenvalue weighted by Crippen LogP contribution is -2.24. The van der Waals surface area contributed by atoms with Crippen LogP contribution in [0.15, 0.2) is 42.5 Å². The van der Waals surface area contributed by atoms with Crippen LogP contribution < -0.4 is 10.6 Å². The van der Waals surface area contributed by atoms with E-state index in [-0.39, 0.29) is 23.3 Å². The number of hydrogen-bond donors (Lipinski definition) is 3. The fourth-order valence-corrected chi connectivity index (χ4v) is 2.54. The molecule has 0 radical (unpaired) electrons. The van der Waals surface area contributed by atoms with E-state index < -0.39 is 5.97 Å². The highest BCUT2D eigenvalue weighted by molar-refractivity contribution is 6.05. The second-order valence-corrected chi connectivity index (χ2v) is 6.48. The van der Waals surface area contributed by atoms with Crippen LogP contribution in [-0.2, 0) is 11.3 Å². The number of carbonyl (C=O) groups is 3. The number of amides is 2. The highest BCUT2D eigenvalue weighted by Gasteiger charge is 2.29. The van der Waals surface area contributed by atoms with Gasteiger partial charge >= 0.3 is 5.97 Å². The fraction of sp³-hybridized carbons (Fsp3) is 0.250. The van der Waals surface area contributed by atoms with Crippen molar-refractivity contribution < 1.29 is 19.5 Å². The second-order valence-electron chi connectivity index (χ2n) is 6.48. The van der Waals surface area contributed by atoms with E-state index in [4.69, 9.17) is 5.11 Å². The summed E-state index contributed by atoms with van der Waals surface area (Å²) in [6.45, 7) is 2.24. The molecule has 0 bridgehead atoms. The summed E-state index contributed by atoms with van der Waals surface area (Å²) in [6, 6.07) is 11.6. The van der Waals surface area contributed by atoms with Gasteiger partial charge in [0.2, 0.25) is 5.91 Å². The monoisotopic (exact) mass is 352 g/mol. The van der Waals surface area contributed by atoms with E-state index in [2.05, 4.69) is 10.6 Å². The van der Waals surface area contributed by atoms with Crippen molar-refractivity contribution in [3.63, 3.8) is 0 Å². The molecule has 134 valence electrons. The summed E-state index contributed by atoms with van der Waals surface area (Å²) in [5.74, 6) is -1.10. The summed E-state index contributed by atoms with van der Waals surface area (Å²) < 4.78 is 0. The van der Waals surface area contributed by atoms with Crippen molar-refractivity contribution in [1.82, 2.24) is 5.32 Å². The van der Waals surface area contributed by atoms with E-state index in [1.165, 1.54) is 12.1 Å². The van der Waals surface area contributed by atoms with Gasteiger partial charge in [-0.05, 0) is 55.2 Å². The van der Waals surface area contributed by atoms with Gasteiger partial charge in [0.1, 0.15) is 0 Å². The lowest BCUT2D eigenvalue weighted by atomic mass is 10.1. The van der Waals surface area contributed by atoms with Crippen LogP contribution in [0.25, 0.3) is 0 Å². The first-order valence-electron chi connectivity index (χ1n) is 8.46. The van der Waals surface area contributed by atoms with Crippen molar-refractivity contribution in [1.29, 1.82) is 0 Å². The summed E-state index contributed by atoms with van der Waals surface area (Å²) in [5.41, 5.74) is 2.74. The minimum Gasteiger partial charge on any atom is -0.478 e. The van der Waals surface area contributed by atoms with Gasteiger partial charge in [0.25, 0.3) is 5.91 Å². The van der Waals surface area contributed by atoms with Crippen LogP contribution >= 0.6 is 0 Å². The Morgan fingerprint density at radius 1 is 1.04 bits per heavy atom. The fourth-order valence-electron chi connectivity index (χ4n) is 2.54. The Hall–Kier alpha value is -3.15. The smallest absolute Gasteiger partial charge is 0.335 e. The Kier molecular flexibility index (Phi) is 5.02. The van der Waals surface area contributed by atoms with E-state index in [1.807, 2.05) is 0 Å². The molecule has 0 aliphatic heterocycles. The summed E-state index contributed by atoms with van der Waals surface area (Å²) in [4.78, 5) is 35.1. The molecule has 6 nitrogen and oxygen atoms in total. The first kappa shape index (κ1) is 17.7. The third-order valence-electron chi connectivity index (χ3n) is 4.36. The topological polar surface area (TPSA) is 95.5 Å². The molecule has 3 N–H and O–H groups in total. The number of hydrogen-bond acceptors (Lipinski definition) is 3. The van der Waals surface area contributed by atoms with Crippen LogP contribution in [0.3, 0.4) is 0 Å². The Bertz CT molecular complexity index is 855. The zero-order valence-corrected chi connectivity index (χ0v) is 14.4. The van der Waals surface area contributed by atoms with Crippen molar-refractivity contribution in [2.45, 2.75) is 26.3 Å². The number of aryl methyl sites for hydroxylation is 1. The number of anilines is 1. The molecule has 3 rings (SSSR count). The van der Waals surface area contributed by atoms with Gasteiger partial charge in [-0.2, -0.15) is 0 Å². The third-order valence-corrected chi connectivity index (χ3v) is 4.36. The molecule has 1 aliphatic carbocycles. The van der Waals surface area contributed by atoms with Crippen LogP contribution in [0.4, 0.5) is 5.69 Å². The van der Waals surface area contributed by atoms with Gasteiger partial charge in [-0.1, -0.05) is 18.2 Å². The molecular weight excluding hydrogens is 332 g/mol. The summed E-state index contributed by atoms with van der Waals surface area (Å²) in [5, 5.41) is 14.7. The molecule has 1 saturated carbocycles. The Labute approximate surface area is 151 Å². The zero-order chi connectivity index (χ0) is 18.7. The number of nitrogens with one attached hydrogen (secondary N) is 2. The van der Waals surface area contributed by atoms with E-state index in [1.54, 1.807) is 37.3 Å². The molecule has 0 aromatic heterocycles. The van der Waals surface area contributed by atoms with Crippen LogP contribution in [0.2, 0.25) is 0 Å². The maximum atomic E-state index is 12.4.